The number of ether oxygens (including phenoxy) is 1. The van der Waals surface area contributed by atoms with Crippen LogP contribution < -0.4 is 10.3 Å². The fourth-order valence-corrected chi connectivity index (χ4v) is 4.17. The van der Waals surface area contributed by atoms with Gasteiger partial charge < -0.3 is 4.74 Å². The molecule has 4 rings (SSSR count). The van der Waals surface area contributed by atoms with Crippen molar-refractivity contribution in [3.63, 3.8) is 0 Å². The fraction of sp³-hybridized carbons (Fsp3) is 0.211. The Balaban J connectivity index is 1.89. The van der Waals surface area contributed by atoms with E-state index in [0.29, 0.717) is 10.6 Å². The molecule has 2 heterocycles. The number of benzene rings is 1. The zero-order chi connectivity index (χ0) is 17.4. The highest BCUT2D eigenvalue weighted by Crippen LogP contribution is 2.35. The average Bonchev–Trinajstić information content (AvgIpc) is 2.98. The van der Waals surface area contributed by atoms with Crippen LogP contribution in [0.2, 0.25) is 0 Å². The van der Waals surface area contributed by atoms with E-state index in [-0.39, 0.29) is 5.56 Å². The van der Waals surface area contributed by atoms with E-state index in [2.05, 4.69) is 5.10 Å². The molecule has 0 N–H and O–H groups in total. The predicted molar refractivity (Wildman–Crippen MR) is 97.1 cm³/mol. The van der Waals surface area contributed by atoms with Crippen LogP contribution >= 0.6 is 11.3 Å². The number of hydrogen-bond acceptors (Lipinski definition) is 5. The van der Waals surface area contributed by atoms with Crippen molar-refractivity contribution >= 4 is 17.6 Å². The number of aldehydes is 1. The monoisotopic (exact) mass is 352 g/mol. The zero-order valence-electron chi connectivity index (χ0n) is 13.7. The molecule has 126 valence electrons. The lowest BCUT2D eigenvalue weighted by Crippen LogP contribution is -2.22. The van der Waals surface area contributed by atoms with Gasteiger partial charge in [-0.15, -0.1) is 11.3 Å². The Hall–Kier alpha value is -2.73. The third-order valence-corrected chi connectivity index (χ3v) is 5.50. The molecule has 1 aliphatic carbocycles. The zero-order valence-corrected chi connectivity index (χ0v) is 14.5. The molecule has 0 saturated heterocycles. The number of fused-ring (bicyclic) bond motifs is 3. The molecule has 0 bridgehead atoms. The van der Waals surface area contributed by atoms with Crippen molar-refractivity contribution in [2.24, 2.45) is 0 Å². The summed E-state index contributed by atoms with van der Waals surface area (Å²) in [6, 6.07) is 10.8. The minimum Gasteiger partial charge on any atom is -0.497 e. The minimum absolute atomic E-state index is 0.154. The summed E-state index contributed by atoms with van der Waals surface area (Å²) in [7, 11) is 1.60. The normalized spacial score (nSPS) is 12.8. The standard InChI is InChI=1S/C19H16N2O3S/c1-24-14-7-5-13(6-8-14)21-18(23)9-12-3-2-4-17-16(19(12)20-21)10-15(11-22)25-17/h5-11H,2-4H2,1H3. The fourth-order valence-electron chi connectivity index (χ4n) is 3.15. The van der Waals surface area contributed by atoms with Crippen molar-refractivity contribution < 1.29 is 9.53 Å². The van der Waals surface area contributed by atoms with Crippen LogP contribution in [-0.4, -0.2) is 23.2 Å². The highest BCUT2D eigenvalue weighted by atomic mass is 32.1. The van der Waals surface area contributed by atoms with E-state index in [4.69, 9.17) is 4.74 Å². The molecule has 0 atom stereocenters. The third kappa shape index (κ3) is 2.78. The van der Waals surface area contributed by atoms with Crippen molar-refractivity contribution in [1.82, 2.24) is 9.78 Å². The maximum atomic E-state index is 12.5. The van der Waals surface area contributed by atoms with Crippen LogP contribution in [0.25, 0.3) is 16.9 Å². The predicted octanol–water partition coefficient (Wildman–Crippen LogP) is 3.27. The lowest BCUT2D eigenvalue weighted by Gasteiger charge is -2.10. The van der Waals surface area contributed by atoms with E-state index in [0.717, 1.165) is 53.0 Å². The Kier molecular flexibility index (Phi) is 3.97. The molecule has 0 saturated carbocycles. The molecular weight excluding hydrogens is 336 g/mol. The number of nitrogens with zero attached hydrogens (tertiary/aromatic N) is 2. The Morgan fingerprint density at radius 1 is 1.20 bits per heavy atom. The molecule has 0 aliphatic heterocycles. The molecule has 1 aliphatic rings. The van der Waals surface area contributed by atoms with Gasteiger partial charge in [0, 0.05) is 16.5 Å². The Bertz CT molecular complexity index is 1000. The largest absolute Gasteiger partial charge is 0.497 e. The molecule has 3 aromatic rings. The number of rotatable bonds is 3. The summed E-state index contributed by atoms with van der Waals surface area (Å²) < 4.78 is 6.57. The second-order valence-corrected chi connectivity index (χ2v) is 7.09. The first-order valence-electron chi connectivity index (χ1n) is 8.05. The van der Waals surface area contributed by atoms with Crippen LogP contribution in [0.3, 0.4) is 0 Å². The highest BCUT2D eigenvalue weighted by Gasteiger charge is 2.21. The Morgan fingerprint density at radius 2 is 2.00 bits per heavy atom. The van der Waals surface area contributed by atoms with Gasteiger partial charge in [-0.05, 0) is 55.2 Å². The molecule has 0 radical (unpaired) electrons. The lowest BCUT2D eigenvalue weighted by molar-refractivity contribution is 0.112. The average molecular weight is 352 g/mol. The van der Waals surface area contributed by atoms with Gasteiger partial charge in [0.1, 0.15) is 5.75 Å². The summed E-state index contributed by atoms with van der Waals surface area (Å²) in [6.07, 6.45) is 3.55. The molecular formula is C19H16N2O3S. The van der Waals surface area contributed by atoms with Gasteiger partial charge >= 0.3 is 0 Å². The van der Waals surface area contributed by atoms with Crippen LogP contribution in [-0.2, 0) is 12.8 Å². The number of methoxy groups -OCH3 is 1. The smallest absolute Gasteiger partial charge is 0.271 e. The van der Waals surface area contributed by atoms with Gasteiger partial charge in [0.15, 0.2) is 6.29 Å². The maximum Gasteiger partial charge on any atom is 0.271 e. The third-order valence-electron chi connectivity index (χ3n) is 4.38. The molecule has 2 aromatic heterocycles. The van der Waals surface area contributed by atoms with Gasteiger partial charge in [0.25, 0.3) is 5.56 Å². The lowest BCUT2D eigenvalue weighted by atomic mass is 10.1. The number of carbonyl (C=O) groups excluding carboxylic acids is 1. The van der Waals surface area contributed by atoms with Gasteiger partial charge in [-0.25, -0.2) is 0 Å². The van der Waals surface area contributed by atoms with Crippen LogP contribution in [0.5, 0.6) is 5.75 Å². The van der Waals surface area contributed by atoms with Crippen molar-refractivity contribution in [1.29, 1.82) is 0 Å². The van der Waals surface area contributed by atoms with Gasteiger partial charge in [-0.2, -0.15) is 9.78 Å². The SMILES string of the molecule is COc1ccc(-n2nc3c(cc2=O)CCCc2sc(C=O)cc2-3)cc1. The van der Waals surface area contributed by atoms with Gasteiger partial charge in [0.05, 0.1) is 23.4 Å². The van der Waals surface area contributed by atoms with E-state index in [1.165, 1.54) is 16.0 Å². The molecule has 6 heteroatoms. The van der Waals surface area contributed by atoms with E-state index in [9.17, 15) is 9.59 Å². The molecule has 0 spiro atoms. The first kappa shape index (κ1) is 15.8. The highest BCUT2D eigenvalue weighted by molar-refractivity contribution is 7.14. The van der Waals surface area contributed by atoms with E-state index in [1.54, 1.807) is 25.3 Å². The Morgan fingerprint density at radius 3 is 2.72 bits per heavy atom. The molecule has 5 nitrogen and oxygen atoms in total. The summed E-state index contributed by atoms with van der Waals surface area (Å²) in [4.78, 5) is 25.6. The molecule has 0 unspecified atom stereocenters. The van der Waals surface area contributed by atoms with Crippen molar-refractivity contribution in [2.75, 3.05) is 7.11 Å². The summed E-state index contributed by atoms with van der Waals surface area (Å²) >= 11 is 1.51. The van der Waals surface area contributed by atoms with Gasteiger partial charge in [-0.3, -0.25) is 9.59 Å². The van der Waals surface area contributed by atoms with Crippen molar-refractivity contribution in [3.05, 3.63) is 62.1 Å². The molecule has 0 amide bonds. The van der Waals surface area contributed by atoms with Crippen LogP contribution in [0.1, 0.15) is 26.5 Å². The number of carbonyl (C=O) groups is 1. The van der Waals surface area contributed by atoms with E-state index < -0.39 is 0 Å². The second kappa shape index (κ2) is 6.29. The van der Waals surface area contributed by atoms with Crippen LogP contribution in [0.4, 0.5) is 0 Å². The maximum absolute atomic E-state index is 12.5. The number of aromatic nitrogens is 2. The topological polar surface area (TPSA) is 61.2 Å². The van der Waals surface area contributed by atoms with E-state index >= 15 is 0 Å². The summed E-state index contributed by atoms with van der Waals surface area (Å²) in [6.45, 7) is 0. The van der Waals surface area contributed by atoms with Crippen molar-refractivity contribution in [3.8, 4) is 22.7 Å². The van der Waals surface area contributed by atoms with Gasteiger partial charge in [0.2, 0.25) is 0 Å². The molecule has 0 fully saturated rings. The van der Waals surface area contributed by atoms with Crippen LogP contribution in [0.15, 0.2) is 41.2 Å². The number of hydrogen-bond donors (Lipinski definition) is 0. The van der Waals surface area contributed by atoms with Crippen molar-refractivity contribution in [2.45, 2.75) is 19.3 Å². The molecule has 1 aromatic carbocycles. The van der Waals surface area contributed by atoms with E-state index in [1.807, 2.05) is 18.2 Å². The quantitative estimate of drug-likeness (QED) is 0.679. The van der Waals surface area contributed by atoms with Gasteiger partial charge in [-0.1, -0.05) is 0 Å². The summed E-state index contributed by atoms with van der Waals surface area (Å²) in [5.41, 5.74) is 3.25. The number of aryl methyl sites for hydroxylation is 2. The first-order chi connectivity index (χ1) is 12.2. The second-order valence-electron chi connectivity index (χ2n) is 5.92. The number of thiophene rings is 1. The van der Waals surface area contributed by atoms with Crippen LogP contribution in [0, 0.1) is 0 Å². The molecule has 25 heavy (non-hydrogen) atoms. The first-order valence-corrected chi connectivity index (χ1v) is 8.87. The minimum atomic E-state index is -0.154. The summed E-state index contributed by atoms with van der Waals surface area (Å²) in [5, 5.41) is 4.64. The Labute approximate surface area is 148 Å². The summed E-state index contributed by atoms with van der Waals surface area (Å²) in [5.74, 6) is 0.724.